The molecule has 3 heterocycles. The number of ether oxygens (including phenoxy) is 1. The Balaban J connectivity index is 1.73. The average molecular weight is 277 g/mol. The smallest absolute Gasteiger partial charge is 0.410 e. The van der Waals surface area contributed by atoms with Crippen molar-refractivity contribution in [3.8, 4) is 0 Å². The summed E-state index contributed by atoms with van der Waals surface area (Å²) in [6, 6.07) is 4.19. The van der Waals surface area contributed by atoms with E-state index in [0.717, 1.165) is 13.0 Å². The molecule has 108 valence electrons. The fourth-order valence-corrected chi connectivity index (χ4v) is 3.02. The maximum Gasteiger partial charge on any atom is 0.410 e. The van der Waals surface area contributed by atoms with Gasteiger partial charge in [0.2, 0.25) is 5.91 Å². The van der Waals surface area contributed by atoms with E-state index in [4.69, 9.17) is 4.74 Å². The molecule has 20 heavy (non-hydrogen) atoms. The molecule has 0 aromatic carbocycles. The van der Waals surface area contributed by atoms with Crippen molar-refractivity contribution in [3.05, 3.63) is 24.0 Å². The van der Waals surface area contributed by atoms with Gasteiger partial charge in [-0.3, -0.25) is 9.69 Å². The van der Waals surface area contributed by atoms with E-state index in [9.17, 15) is 9.59 Å². The van der Waals surface area contributed by atoms with Crippen molar-refractivity contribution in [2.75, 3.05) is 26.2 Å². The molecule has 0 radical (unpaired) electrons. The van der Waals surface area contributed by atoms with Crippen LogP contribution in [0.25, 0.3) is 0 Å². The highest BCUT2D eigenvalue weighted by Gasteiger charge is 2.32. The van der Waals surface area contributed by atoms with Gasteiger partial charge in [0.1, 0.15) is 13.2 Å². The molecule has 6 nitrogen and oxygen atoms in total. The number of cyclic esters (lactones) is 1. The Morgan fingerprint density at radius 3 is 2.95 bits per heavy atom. The monoisotopic (exact) mass is 277 g/mol. The van der Waals surface area contributed by atoms with Crippen LogP contribution in [0.2, 0.25) is 0 Å². The second-order valence-corrected chi connectivity index (χ2v) is 5.17. The normalized spacial score (nSPS) is 21.9. The Labute approximate surface area is 117 Å². The summed E-state index contributed by atoms with van der Waals surface area (Å²) in [5, 5.41) is 0. The quantitative estimate of drug-likeness (QED) is 0.835. The summed E-state index contributed by atoms with van der Waals surface area (Å²) in [6.07, 6.45) is 2.55. The number of hydrogen-bond acceptors (Lipinski definition) is 3. The van der Waals surface area contributed by atoms with Crippen molar-refractivity contribution in [3.63, 3.8) is 0 Å². The third-order valence-corrected chi connectivity index (χ3v) is 4.04. The number of carbonyl (C=O) groups is 2. The first kappa shape index (κ1) is 13.0. The molecule has 0 N–H and O–H groups in total. The highest BCUT2D eigenvalue weighted by molar-refractivity contribution is 5.83. The number of aromatic nitrogens is 1. The Kier molecular flexibility index (Phi) is 3.38. The third kappa shape index (κ3) is 2.15. The van der Waals surface area contributed by atoms with Crippen LogP contribution in [0.5, 0.6) is 0 Å². The van der Waals surface area contributed by atoms with Crippen LogP contribution in [0.4, 0.5) is 4.79 Å². The van der Waals surface area contributed by atoms with Crippen LogP contribution in [0.15, 0.2) is 18.3 Å². The largest absolute Gasteiger partial charge is 0.448 e. The summed E-state index contributed by atoms with van der Waals surface area (Å²) < 4.78 is 7.06. The molecule has 1 fully saturated rings. The highest BCUT2D eigenvalue weighted by Crippen LogP contribution is 2.28. The summed E-state index contributed by atoms with van der Waals surface area (Å²) in [4.78, 5) is 27.3. The van der Waals surface area contributed by atoms with Crippen LogP contribution >= 0.6 is 0 Å². The molecule has 3 rings (SSSR count). The molecule has 0 unspecified atom stereocenters. The van der Waals surface area contributed by atoms with Gasteiger partial charge < -0.3 is 14.2 Å². The topological polar surface area (TPSA) is 54.8 Å². The van der Waals surface area contributed by atoms with Crippen LogP contribution in [0.3, 0.4) is 0 Å². The number of carbonyl (C=O) groups excluding carboxylic acids is 2. The molecule has 2 aliphatic heterocycles. The highest BCUT2D eigenvalue weighted by atomic mass is 16.6. The van der Waals surface area contributed by atoms with Crippen LogP contribution in [-0.2, 0) is 16.1 Å². The Morgan fingerprint density at radius 2 is 2.25 bits per heavy atom. The number of fused-ring (bicyclic) bond motifs is 1. The van der Waals surface area contributed by atoms with Gasteiger partial charge >= 0.3 is 6.09 Å². The van der Waals surface area contributed by atoms with E-state index >= 15 is 0 Å². The summed E-state index contributed by atoms with van der Waals surface area (Å²) >= 11 is 0. The van der Waals surface area contributed by atoms with E-state index in [2.05, 4.69) is 23.8 Å². The molecule has 2 amide bonds. The van der Waals surface area contributed by atoms with E-state index in [-0.39, 0.29) is 24.6 Å². The predicted octanol–water partition coefficient (Wildman–Crippen LogP) is 1.23. The van der Waals surface area contributed by atoms with Crippen molar-refractivity contribution in [2.24, 2.45) is 0 Å². The minimum Gasteiger partial charge on any atom is -0.448 e. The molecule has 0 bridgehead atoms. The van der Waals surface area contributed by atoms with Gasteiger partial charge in [0, 0.05) is 25.0 Å². The maximum atomic E-state index is 12.5. The van der Waals surface area contributed by atoms with Crippen molar-refractivity contribution in [2.45, 2.75) is 25.9 Å². The van der Waals surface area contributed by atoms with Gasteiger partial charge in [0.25, 0.3) is 0 Å². The van der Waals surface area contributed by atoms with Gasteiger partial charge in [-0.1, -0.05) is 6.92 Å². The second-order valence-electron chi connectivity index (χ2n) is 5.17. The lowest BCUT2D eigenvalue weighted by atomic mass is 10.1. The minimum absolute atomic E-state index is 0.00292. The van der Waals surface area contributed by atoms with Gasteiger partial charge in [0.15, 0.2) is 0 Å². The van der Waals surface area contributed by atoms with Crippen molar-refractivity contribution in [1.29, 1.82) is 0 Å². The van der Waals surface area contributed by atoms with E-state index < -0.39 is 0 Å². The van der Waals surface area contributed by atoms with Gasteiger partial charge in [0.05, 0.1) is 12.6 Å². The van der Waals surface area contributed by atoms with Crippen molar-refractivity contribution in [1.82, 2.24) is 14.4 Å². The summed E-state index contributed by atoms with van der Waals surface area (Å²) in [6.45, 7) is 4.60. The van der Waals surface area contributed by atoms with E-state index in [0.29, 0.717) is 19.7 Å². The number of rotatable bonds is 3. The minimum atomic E-state index is -0.383. The zero-order valence-electron chi connectivity index (χ0n) is 11.6. The van der Waals surface area contributed by atoms with Crippen LogP contribution in [0, 0.1) is 0 Å². The molecule has 0 spiro atoms. The summed E-state index contributed by atoms with van der Waals surface area (Å²) in [5.74, 6) is 0.00292. The lowest BCUT2D eigenvalue weighted by Crippen LogP contribution is -2.46. The SMILES string of the molecule is CC[C@@H]1c2cccn2CCN1C(=O)CN1CCOC1=O. The lowest BCUT2D eigenvalue weighted by Gasteiger charge is -2.37. The maximum absolute atomic E-state index is 12.5. The zero-order valence-corrected chi connectivity index (χ0v) is 11.6. The van der Waals surface area contributed by atoms with Crippen molar-refractivity contribution < 1.29 is 14.3 Å². The number of hydrogen-bond donors (Lipinski definition) is 0. The second kappa shape index (κ2) is 5.19. The van der Waals surface area contributed by atoms with Gasteiger partial charge in [-0.05, 0) is 18.6 Å². The first-order valence-corrected chi connectivity index (χ1v) is 7.07. The van der Waals surface area contributed by atoms with E-state index in [1.54, 1.807) is 0 Å². The molecule has 0 saturated carbocycles. The number of nitrogens with zero attached hydrogens (tertiary/aromatic N) is 3. The third-order valence-electron chi connectivity index (χ3n) is 4.04. The fraction of sp³-hybridized carbons (Fsp3) is 0.571. The van der Waals surface area contributed by atoms with Gasteiger partial charge in [-0.15, -0.1) is 0 Å². The molecular weight excluding hydrogens is 258 g/mol. The van der Waals surface area contributed by atoms with Crippen LogP contribution in [0.1, 0.15) is 25.1 Å². The van der Waals surface area contributed by atoms with Crippen LogP contribution in [-0.4, -0.2) is 52.6 Å². The lowest BCUT2D eigenvalue weighted by molar-refractivity contribution is -0.135. The fourth-order valence-electron chi connectivity index (χ4n) is 3.02. The Bertz CT molecular complexity index is 525. The van der Waals surface area contributed by atoms with Gasteiger partial charge in [-0.25, -0.2) is 4.79 Å². The Hall–Kier alpha value is -1.98. The molecule has 2 aliphatic rings. The molecule has 1 atom stereocenters. The first-order chi connectivity index (χ1) is 9.70. The summed E-state index contributed by atoms with van der Waals surface area (Å²) in [5.41, 5.74) is 1.18. The Morgan fingerprint density at radius 1 is 1.40 bits per heavy atom. The van der Waals surface area contributed by atoms with E-state index in [1.165, 1.54) is 10.6 Å². The molecular formula is C14H19N3O3. The van der Waals surface area contributed by atoms with Crippen LogP contribution < -0.4 is 0 Å². The molecule has 0 aliphatic carbocycles. The molecule has 1 saturated heterocycles. The molecule has 1 aromatic rings. The van der Waals surface area contributed by atoms with Gasteiger partial charge in [-0.2, -0.15) is 0 Å². The molecule has 1 aromatic heterocycles. The van der Waals surface area contributed by atoms with E-state index in [1.807, 2.05) is 11.0 Å². The predicted molar refractivity (Wildman–Crippen MR) is 72.1 cm³/mol. The standard InChI is InChI=1S/C14H19N3O3/c1-2-11-12-4-3-5-15(12)6-7-17(11)13(18)10-16-8-9-20-14(16)19/h3-5,11H,2,6-10H2,1H3/t11-/m1/s1. The average Bonchev–Trinajstić information content (AvgIpc) is 3.07. The van der Waals surface area contributed by atoms with Crippen molar-refractivity contribution >= 4 is 12.0 Å². The summed E-state index contributed by atoms with van der Waals surface area (Å²) in [7, 11) is 0. The number of amides is 2. The first-order valence-electron chi connectivity index (χ1n) is 7.07. The zero-order chi connectivity index (χ0) is 14.1. The molecule has 6 heteroatoms.